The fourth-order valence-corrected chi connectivity index (χ4v) is 3.56. The van der Waals surface area contributed by atoms with Crippen molar-refractivity contribution in [3.63, 3.8) is 0 Å². The molecule has 1 fully saturated rings. The highest BCUT2D eigenvalue weighted by atomic mass is 16.5. The van der Waals surface area contributed by atoms with E-state index in [4.69, 9.17) is 4.74 Å². The molecule has 1 saturated carbocycles. The molecule has 0 saturated heterocycles. The van der Waals surface area contributed by atoms with Crippen LogP contribution in [0.4, 0.5) is 0 Å². The molecular formula is C19H31NO. The third kappa shape index (κ3) is 5.03. The lowest BCUT2D eigenvalue weighted by atomic mass is 9.77. The van der Waals surface area contributed by atoms with Crippen LogP contribution >= 0.6 is 0 Å². The molecule has 2 nitrogen and oxygen atoms in total. The van der Waals surface area contributed by atoms with Gasteiger partial charge >= 0.3 is 0 Å². The third-order valence-corrected chi connectivity index (χ3v) is 4.81. The standard InChI is InChI=1S/C19H31NO/c1-16(2)21-18-8-6-17(7-9-18)10-13-19(14-15-20-3)11-4-5-12-19/h6-9,16,20H,4-5,10-15H2,1-3H3. The van der Waals surface area contributed by atoms with Crippen LogP contribution in [0.3, 0.4) is 0 Å². The highest BCUT2D eigenvalue weighted by Gasteiger charge is 2.32. The lowest BCUT2D eigenvalue weighted by Crippen LogP contribution is -2.23. The second-order valence-corrected chi connectivity index (χ2v) is 6.87. The summed E-state index contributed by atoms with van der Waals surface area (Å²) >= 11 is 0. The molecule has 0 amide bonds. The Labute approximate surface area is 130 Å². The first-order chi connectivity index (χ1) is 10.1. The van der Waals surface area contributed by atoms with E-state index in [1.807, 2.05) is 0 Å². The number of hydrogen-bond acceptors (Lipinski definition) is 2. The van der Waals surface area contributed by atoms with E-state index < -0.39 is 0 Å². The molecule has 1 aliphatic carbocycles. The maximum Gasteiger partial charge on any atom is 0.119 e. The van der Waals surface area contributed by atoms with Crippen LogP contribution < -0.4 is 10.1 Å². The minimum Gasteiger partial charge on any atom is -0.491 e. The van der Waals surface area contributed by atoms with E-state index in [2.05, 4.69) is 50.5 Å². The van der Waals surface area contributed by atoms with E-state index in [0.717, 1.165) is 12.3 Å². The maximum atomic E-state index is 5.71. The molecule has 1 N–H and O–H groups in total. The monoisotopic (exact) mass is 289 g/mol. The Morgan fingerprint density at radius 3 is 2.33 bits per heavy atom. The minimum absolute atomic E-state index is 0.249. The Hall–Kier alpha value is -1.02. The molecule has 0 heterocycles. The first-order valence-corrected chi connectivity index (χ1v) is 8.54. The molecule has 1 aromatic carbocycles. The van der Waals surface area contributed by atoms with Gasteiger partial charge in [0.1, 0.15) is 5.75 Å². The second kappa shape index (κ2) is 7.84. The quantitative estimate of drug-likeness (QED) is 0.756. The van der Waals surface area contributed by atoms with Crippen LogP contribution in [0.1, 0.15) is 57.9 Å². The molecule has 0 aliphatic heterocycles. The molecule has 0 unspecified atom stereocenters. The van der Waals surface area contributed by atoms with E-state index in [-0.39, 0.29) is 6.10 Å². The van der Waals surface area contributed by atoms with Gasteiger partial charge in [0, 0.05) is 0 Å². The Bertz CT molecular complexity index is 404. The Morgan fingerprint density at radius 1 is 1.10 bits per heavy atom. The van der Waals surface area contributed by atoms with Crippen molar-refractivity contribution in [3.8, 4) is 5.75 Å². The number of aryl methyl sites for hydroxylation is 1. The highest BCUT2D eigenvalue weighted by Crippen LogP contribution is 2.44. The van der Waals surface area contributed by atoms with Gasteiger partial charge in [-0.3, -0.25) is 0 Å². The zero-order valence-corrected chi connectivity index (χ0v) is 14.0. The van der Waals surface area contributed by atoms with E-state index in [1.165, 1.54) is 50.5 Å². The smallest absolute Gasteiger partial charge is 0.119 e. The van der Waals surface area contributed by atoms with Crippen LogP contribution in [0.5, 0.6) is 5.75 Å². The number of nitrogens with one attached hydrogen (secondary N) is 1. The molecule has 0 atom stereocenters. The Balaban J connectivity index is 1.88. The van der Waals surface area contributed by atoms with Crippen molar-refractivity contribution >= 4 is 0 Å². The largest absolute Gasteiger partial charge is 0.491 e. The van der Waals surface area contributed by atoms with Gasteiger partial charge in [0.2, 0.25) is 0 Å². The van der Waals surface area contributed by atoms with Crippen LogP contribution in [0, 0.1) is 5.41 Å². The summed E-state index contributed by atoms with van der Waals surface area (Å²) in [6.07, 6.45) is 9.80. The van der Waals surface area contributed by atoms with Crippen molar-refractivity contribution in [1.29, 1.82) is 0 Å². The van der Waals surface area contributed by atoms with Gasteiger partial charge in [-0.2, -0.15) is 0 Å². The van der Waals surface area contributed by atoms with Crippen LogP contribution in [-0.2, 0) is 6.42 Å². The third-order valence-electron chi connectivity index (χ3n) is 4.81. The van der Waals surface area contributed by atoms with Gasteiger partial charge < -0.3 is 10.1 Å². The summed E-state index contributed by atoms with van der Waals surface area (Å²) in [4.78, 5) is 0. The Kier molecular flexibility index (Phi) is 6.10. The van der Waals surface area contributed by atoms with Gasteiger partial charge in [-0.1, -0.05) is 25.0 Å². The van der Waals surface area contributed by atoms with Crippen molar-refractivity contribution in [2.45, 2.75) is 64.9 Å². The molecule has 0 aromatic heterocycles. The van der Waals surface area contributed by atoms with Gasteiger partial charge in [0.15, 0.2) is 0 Å². The van der Waals surface area contributed by atoms with Crippen molar-refractivity contribution < 1.29 is 4.74 Å². The Morgan fingerprint density at radius 2 is 1.76 bits per heavy atom. The minimum atomic E-state index is 0.249. The fourth-order valence-electron chi connectivity index (χ4n) is 3.56. The number of ether oxygens (including phenoxy) is 1. The van der Waals surface area contributed by atoms with E-state index in [1.54, 1.807) is 0 Å². The van der Waals surface area contributed by atoms with Gasteiger partial charge in [0.25, 0.3) is 0 Å². The van der Waals surface area contributed by atoms with Crippen molar-refractivity contribution in [2.24, 2.45) is 5.41 Å². The lowest BCUT2D eigenvalue weighted by molar-refractivity contribution is 0.242. The zero-order chi connectivity index (χ0) is 15.1. The summed E-state index contributed by atoms with van der Waals surface area (Å²) in [7, 11) is 2.07. The van der Waals surface area contributed by atoms with Gasteiger partial charge in [-0.25, -0.2) is 0 Å². The number of rotatable bonds is 8. The predicted octanol–water partition coefficient (Wildman–Crippen LogP) is 4.58. The fraction of sp³-hybridized carbons (Fsp3) is 0.684. The molecule has 0 spiro atoms. The molecule has 0 bridgehead atoms. The molecule has 2 rings (SSSR count). The van der Waals surface area contributed by atoms with Crippen LogP contribution in [0.25, 0.3) is 0 Å². The molecule has 0 radical (unpaired) electrons. The number of benzene rings is 1. The predicted molar refractivity (Wildman–Crippen MR) is 90.0 cm³/mol. The highest BCUT2D eigenvalue weighted by molar-refractivity contribution is 5.27. The first-order valence-electron chi connectivity index (χ1n) is 8.54. The van der Waals surface area contributed by atoms with Gasteiger partial charge in [0.05, 0.1) is 6.10 Å². The van der Waals surface area contributed by atoms with Crippen molar-refractivity contribution in [1.82, 2.24) is 5.32 Å². The first kappa shape index (κ1) is 16.4. The van der Waals surface area contributed by atoms with Gasteiger partial charge in [-0.05, 0) is 82.7 Å². The van der Waals surface area contributed by atoms with Crippen molar-refractivity contribution in [2.75, 3.05) is 13.6 Å². The summed E-state index contributed by atoms with van der Waals surface area (Å²) < 4.78 is 5.71. The number of hydrogen-bond donors (Lipinski definition) is 1. The van der Waals surface area contributed by atoms with Crippen LogP contribution in [0.2, 0.25) is 0 Å². The van der Waals surface area contributed by atoms with Gasteiger partial charge in [-0.15, -0.1) is 0 Å². The summed E-state index contributed by atoms with van der Waals surface area (Å²) in [6, 6.07) is 8.70. The summed E-state index contributed by atoms with van der Waals surface area (Å²) in [5, 5.41) is 3.33. The molecule has 118 valence electrons. The van der Waals surface area contributed by atoms with E-state index in [0.29, 0.717) is 5.41 Å². The molecule has 1 aromatic rings. The summed E-state index contributed by atoms with van der Waals surface area (Å²) in [5.41, 5.74) is 2.04. The maximum absolute atomic E-state index is 5.71. The van der Waals surface area contributed by atoms with Crippen molar-refractivity contribution in [3.05, 3.63) is 29.8 Å². The van der Waals surface area contributed by atoms with Crippen LogP contribution in [0.15, 0.2) is 24.3 Å². The zero-order valence-electron chi connectivity index (χ0n) is 14.0. The van der Waals surface area contributed by atoms with E-state index >= 15 is 0 Å². The molecule has 21 heavy (non-hydrogen) atoms. The lowest BCUT2D eigenvalue weighted by Gasteiger charge is -2.29. The molecule has 1 aliphatic rings. The SMILES string of the molecule is CNCCC1(CCc2ccc(OC(C)C)cc2)CCCC1. The molecular weight excluding hydrogens is 258 g/mol. The summed E-state index contributed by atoms with van der Waals surface area (Å²) in [6.45, 7) is 5.29. The average molecular weight is 289 g/mol. The second-order valence-electron chi connectivity index (χ2n) is 6.87. The topological polar surface area (TPSA) is 21.3 Å². The van der Waals surface area contributed by atoms with Crippen LogP contribution in [-0.4, -0.2) is 19.7 Å². The van der Waals surface area contributed by atoms with E-state index in [9.17, 15) is 0 Å². The average Bonchev–Trinajstić information content (AvgIpc) is 2.93. The normalized spacial score (nSPS) is 17.3. The molecule has 2 heteroatoms. The summed E-state index contributed by atoms with van der Waals surface area (Å²) in [5.74, 6) is 0.986.